The largest absolute Gasteiger partial charge is 0.339 e. The summed E-state index contributed by atoms with van der Waals surface area (Å²) < 4.78 is 2.02. The molecule has 7 nitrogen and oxygen atoms in total. The number of carbonyl (C=O) groups excluding carboxylic acids is 2. The Morgan fingerprint density at radius 3 is 2.50 bits per heavy atom. The first-order chi connectivity index (χ1) is 14.4. The summed E-state index contributed by atoms with van der Waals surface area (Å²) in [4.78, 5) is 27.0. The molecule has 0 saturated carbocycles. The van der Waals surface area contributed by atoms with Crippen LogP contribution in [0.15, 0.2) is 48.5 Å². The molecule has 3 aromatic rings. The highest BCUT2D eigenvalue weighted by Gasteiger charge is 2.15. The summed E-state index contributed by atoms with van der Waals surface area (Å²) in [7, 11) is 0. The molecular weight excluding hydrogens is 398 g/mol. The molecule has 3 rings (SSSR count). The highest BCUT2D eigenvalue weighted by molar-refractivity contribution is 7.71. The molecule has 2 N–H and O–H groups in total. The lowest BCUT2D eigenvalue weighted by Crippen LogP contribution is -2.30. The van der Waals surface area contributed by atoms with Crippen molar-refractivity contribution in [3.63, 3.8) is 0 Å². The maximum absolute atomic E-state index is 12.7. The van der Waals surface area contributed by atoms with Gasteiger partial charge in [0.15, 0.2) is 10.6 Å². The first-order valence-corrected chi connectivity index (χ1v) is 10.2. The van der Waals surface area contributed by atoms with Crippen molar-refractivity contribution in [1.29, 1.82) is 0 Å². The fourth-order valence-electron chi connectivity index (χ4n) is 3.15. The molecule has 156 valence electrons. The van der Waals surface area contributed by atoms with E-state index in [4.69, 9.17) is 12.2 Å². The first-order valence-electron chi connectivity index (χ1n) is 9.84. The van der Waals surface area contributed by atoms with Crippen LogP contribution in [-0.4, -0.2) is 44.6 Å². The van der Waals surface area contributed by atoms with E-state index < -0.39 is 0 Å². The van der Waals surface area contributed by atoms with Crippen molar-refractivity contribution in [3.05, 3.63) is 64.4 Å². The number of H-pyrrole nitrogens is 1. The van der Waals surface area contributed by atoms with Gasteiger partial charge in [-0.15, -0.1) is 0 Å². The Hall–Kier alpha value is -3.26. The normalized spacial score (nSPS) is 10.6. The zero-order valence-corrected chi connectivity index (χ0v) is 18.1. The number of hydrogen-bond donors (Lipinski definition) is 2. The molecule has 0 spiro atoms. The molecular formula is C22H25N5O2S. The topological polar surface area (TPSA) is 83.0 Å². The lowest BCUT2D eigenvalue weighted by Gasteiger charge is -2.19. The van der Waals surface area contributed by atoms with E-state index in [0.717, 1.165) is 11.1 Å². The fraction of sp³-hybridized carbons (Fsp3) is 0.273. The molecule has 2 amide bonds. The molecule has 0 bridgehead atoms. The van der Waals surface area contributed by atoms with Crippen LogP contribution in [0.4, 0.5) is 5.69 Å². The van der Waals surface area contributed by atoms with E-state index in [0.29, 0.717) is 34.9 Å². The van der Waals surface area contributed by atoms with Crippen molar-refractivity contribution in [1.82, 2.24) is 19.7 Å². The number of carbonyl (C=O) groups is 2. The smallest absolute Gasteiger partial charge is 0.253 e. The van der Waals surface area contributed by atoms with Crippen LogP contribution < -0.4 is 5.32 Å². The second kappa shape index (κ2) is 9.49. The monoisotopic (exact) mass is 423 g/mol. The van der Waals surface area contributed by atoms with Crippen LogP contribution in [0.5, 0.6) is 0 Å². The number of aryl methyl sites for hydroxylation is 1. The second-order valence-electron chi connectivity index (χ2n) is 6.91. The summed E-state index contributed by atoms with van der Waals surface area (Å²) in [5.74, 6) is 0.281. The third-order valence-electron chi connectivity index (χ3n) is 4.81. The summed E-state index contributed by atoms with van der Waals surface area (Å²) in [6.45, 7) is 7.15. The van der Waals surface area contributed by atoms with Gasteiger partial charge in [-0.1, -0.05) is 35.9 Å². The Labute approximate surface area is 180 Å². The van der Waals surface area contributed by atoms with Crippen LogP contribution in [0.2, 0.25) is 0 Å². The molecule has 0 aliphatic heterocycles. The zero-order chi connectivity index (χ0) is 21.7. The summed E-state index contributed by atoms with van der Waals surface area (Å²) in [6, 6.07) is 14.8. The molecule has 0 fully saturated rings. The predicted octanol–water partition coefficient (Wildman–Crippen LogP) is 4.04. The van der Waals surface area contributed by atoms with Crippen LogP contribution >= 0.6 is 12.2 Å². The van der Waals surface area contributed by atoms with Crippen LogP contribution in [-0.2, 0) is 11.3 Å². The minimum atomic E-state index is -0.256. The minimum absolute atomic E-state index is 0.00671. The van der Waals surface area contributed by atoms with Crippen molar-refractivity contribution in [3.8, 4) is 11.4 Å². The average Bonchev–Trinajstić information content (AvgIpc) is 3.09. The molecule has 2 aromatic carbocycles. The highest BCUT2D eigenvalue weighted by atomic mass is 32.1. The van der Waals surface area contributed by atoms with Crippen LogP contribution in [0.1, 0.15) is 29.8 Å². The van der Waals surface area contributed by atoms with Gasteiger partial charge in [0, 0.05) is 29.9 Å². The predicted molar refractivity (Wildman–Crippen MR) is 120 cm³/mol. The Bertz CT molecular complexity index is 1100. The maximum atomic E-state index is 12.7. The molecule has 1 aromatic heterocycles. The van der Waals surface area contributed by atoms with Crippen LogP contribution in [0.25, 0.3) is 11.4 Å². The van der Waals surface area contributed by atoms with E-state index in [1.165, 1.54) is 0 Å². The molecule has 30 heavy (non-hydrogen) atoms. The number of amides is 2. The van der Waals surface area contributed by atoms with Gasteiger partial charge in [-0.25, -0.2) is 0 Å². The molecule has 8 heteroatoms. The van der Waals surface area contributed by atoms with Crippen molar-refractivity contribution in [2.75, 3.05) is 18.4 Å². The number of rotatable bonds is 7. The van der Waals surface area contributed by atoms with Gasteiger partial charge in [0.05, 0.1) is 0 Å². The Kier molecular flexibility index (Phi) is 6.79. The van der Waals surface area contributed by atoms with E-state index in [2.05, 4.69) is 15.5 Å². The Morgan fingerprint density at radius 1 is 1.13 bits per heavy atom. The van der Waals surface area contributed by atoms with Gasteiger partial charge in [0.1, 0.15) is 6.54 Å². The first kappa shape index (κ1) is 21.4. The lowest BCUT2D eigenvalue weighted by molar-refractivity contribution is -0.116. The van der Waals surface area contributed by atoms with Gasteiger partial charge in [-0.05, 0) is 51.2 Å². The van der Waals surface area contributed by atoms with Crippen molar-refractivity contribution in [2.24, 2.45) is 0 Å². The Morgan fingerprint density at radius 2 is 1.83 bits per heavy atom. The standard InChI is InChI=1S/C22H25N5O2S/c1-4-26(5-2)21(29)17-7-6-8-18(13-17)23-19(28)14-27-20(24-25-22(27)30)16-11-9-15(3)10-12-16/h6-13H,4-5,14H2,1-3H3,(H,23,28)(H,25,30). The third-order valence-corrected chi connectivity index (χ3v) is 5.13. The Balaban J connectivity index is 1.77. The average molecular weight is 424 g/mol. The van der Waals surface area contributed by atoms with Crippen molar-refractivity contribution < 1.29 is 9.59 Å². The molecule has 0 unspecified atom stereocenters. The fourth-order valence-corrected chi connectivity index (χ4v) is 3.35. The van der Waals surface area contributed by atoms with Gasteiger partial charge in [-0.2, -0.15) is 5.10 Å². The molecule has 1 heterocycles. The van der Waals surface area contributed by atoms with Gasteiger partial charge in [-0.3, -0.25) is 19.3 Å². The second-order valence-corrected chi connectivity index (χ2v) is 7.30. The van der Waals surface area contributed by atoms with Gasteiger partial charge in [0.25, 0.3) is 5.91 Å². The number of benzene rings is 2. The lowest BCUT2D eigenvalue weighted by atomic mass is 10.1. The number of nitrogens with one attached hydrogen (secondary N) is 2. The summed E-state index contributed by atoms with van der Waals surface area (Å²) in [6.07, 6.45) is 0. The number of aromatic nitrogens is 3. The summed E-state index contributed by atoms with van der Waals surface area (Å²) >= 11 is 5.31. The highest BCUT2D eigenvalue weighted by Crippen LogP contribution is 2.18. The van der Waals surface area contributed by atoms with Gasteiger partial charge < -0.3 is 10.2 Å². The van der Waals surface area contributed by atoms with E-state index in [1.54, 1.807) is 33.7 Å². The summed E-state index contributed by atoms with van der Waals surface area (Å²) in [5.41, 5.74) is 3.10. The number of hydrogen-bond acceptors (Lipinski definition) is 4. The molecule has 0 aliphatic carbocycles. The van der Waals surface area contributed by atoms with E-state index in [9.17, 15) is 9.59 Å². The van der Waals surface area contributed by atoms with Gasteiger partial charge in [0.2, 0.25) is 5.91 Å². The van der Waals surface area contributed by atoms with Crippen LogP contribution in [0, 0.1) is 11.7 Å². The summed E-state index contributed by atoms with van der Waals surface area (Å²) in [5, 5.41) is 9.87. The molecule has 0 radical (unpaired) electrons. The minimum Gasteiger partial charge on any atom is -0.339 e. The molecule has 0 aliphatic rings. The third kappa shape index (κ3) is 4.83. The number of aromatic amines is 1. The molecule has 0 saturated heterocycles. The SMILES string of the molecule is CCN(CC)C(=O)c1cccc(NC(=O)Cn2c(-c3ccc(C)cc3)n[nH]c2=S)c1. The van der Waals surface area contributed by atoms with Crippen molar-refractivity contribution in [2.45, 2.75) is 27.3 Å². The van der Waals surface area contributed by atoms with Gasteiger partial charge >= 0.3 is 0 Å². The number of nitrogens with zero attached hydrogens (tertiary/aromatic N) is 3. The maximum Gasteiger partial charge on any atom is 0.253 e. The quantitative estimate of drug-likeness (QED) is 0.562. The van der Waals surface area contributed by atoms with E-state index in [-0.39, 0.29) is 18.4 Å². The van der Waals surface area contributed by atoms with E-state index in [1.807, 2.05) is 45.0 Å². The number of anilines is 1. The van der Waals surface area contributed by atoms with Crippen LogP contribution in [0.3, 0.4) is 0 Å². The molecule has 0 atom stereocenters. The van der Waals surface area contributed by atoms with E-state index >= 15 is 0 Å². The zero-order valence-electron chi connectivity index (χ0n) is 17.3. The van der Waals surface area contributed by atoms with Crippen molar-refractivity contribution >= 4 is 29.7 Å².